The van der Waals surface area contributed by atoms with Crippen molar-refractivity contribution >= 4 is 5.69 Å². The fraction of sp³-hybridized carbons (Fsp3) is 0.462. The lowest BCUT2D eigenvalue weighted by molar-refractivity contribution is 0.418. The van der Waals surface area contributed by atoms with Gasteiger partial charge >= 0.3 is 0 Å². The average Bonchev–Trinajstić information content (AvgIpc) is 2.59. The van der Waals surface area contributed by atoms with Crippen LogP contribution in [0.2, 0.25) is 0 Å². The van der Waals surface area contributed by atoms with E-state index in [-0.39, 0.29) is 5.56 Å². The summed E-state index contributed by atoms with van der Waals surface area (Å²) < 4.78 is 13.4. The lowest BCUT2D eigenvalue weighted by Crippen LogP contribution is -2.22. The number of benzene rings is 1. The quantitative estimate of drug-likeness (QED) is 0.724. The molecule has 0 N–H and O–H groups in total. The maximum Gasteiger partial charge on any atom is 0.143 e. The predicted molar refractivity (Wildman–Crippen MR) is 61.7 cm³/mol. The zero-order valence-corrected chi connectivity index (χ0v) is 9.63. The van der Waals surface area contributed by atoms with E-state index in [0.717, 1.165) is 25.2 Å². The SMILES string of the molecule is CC1(C)CCN(c2ccc(C#N)c(F)c2)C1. The van der Waals surface area contributed by atoms with Crippen molar-refractivity contribution in [2.75, 3.05) is 18.0 Å². The Labute approximate surface area is 95.3 Å². The predicted octanol–water partition coefficient (Wildman–Crippen LogP) is 2.93. The van der Waals surface area contributed by atoms with Crippen LogP contribution >= 0.6 is 0 Å². The van der Waals surface area contributed by atoms with Crippen LogP contribution in [-0.4, -0.2) is 13.1 Å². The first kappa shape index (κ1) is 10.9. The van der Waals surface area contributed by atoms with Crippen LogP contribution in [0, 0.1) is 22.6 Å². The summed E-state index contributed by atoms with van der Waals surface area (Å²) >= 11 is 0. The Kier molecular flexibility index (Phi) is 2.59. The van der Waals surface area contributed by atoms with Crippen molar-refractivity contribution in [2.45, 2.75) is 20.3 Å². The van der Waals surface area contributed by atoms with Gasteiger partial charge in [0.2, 0.25) is 0 Å². The van der Waals surface area contributed by atoms with E-state index in [1.54, 1.807) is 6.07 Å². The standard InChI is InChI=1S/C13H15FN2/c1-13(2)5-6-16(9-13)11-4-3-10(8-15)12(14)7-11/h3-4,7H,5-6,9H2,1-2H3. The van der Waals surface area contributed by atoms with E-state index in [0.29, 0.717) is 5.41 Å². The first-order valence-corrected chi connectivity index (χ1v) is 5.46. The van der Waals surface area contributed by atoms with E-state index in [4.69, 9.17) is 5.26 Å². The van der Waals surface area contributed by atoms with E-state index in [2.05, 4.69) is 18.7 Å². The van der Waals surface area contributed by atoms with Crippen LogP contribution < -0.4 is 4.90 Å². The third kappa shape index (κ3) is 2.01. The molecule has 1 fully saturated rings. The molecule has 0 atom stereocenters. The minimum absolute atomic E-state index is 0.113. The van der Waals surface area contributed by atoms with Gasteiger partial charge in [0.15, 0.2) is 0 Å². The molecule has 16 heavy (non-hydrogen) atoms. The number of hydrogen-bond donors (Lipinski definition) is 0. The second-order valence-electron chi connectivity index (χ2n) is 5.11. The van der Waals surface area contributed by atoms with Crippen LogP contribution in [0.5, 0.6) is 0 Å². The molecule has 0 saturated carbocycles. The Hall–Kier alpha value is -1.56. The highest BCUT2D eigenvalue weighted by Crippen LogP contribution is 2.32. The molecular weight excluding hydrogens is 203 g/mol. The average molecular weight is 218 g/mol. The molecule has 0 aromatic heterocycles. The molecule has 1 aliphatic rings. The zero-order chi connectivity index (χ0) is 11.8. The third-order valence-electron chi connectivity index (χ3n) is 3.12. The zero-order valence-electron chi connectivity index (χ0n) is 9.63. The molecule has 2 nitrogen and oxygen atoms in total. The van der Waals surface area contributed by atoms with Crippen molar-refractivity contribution in [3.8, 4) is 6.07 Å². The van der Waals surface area contributed by atoms with Gasteiger partial charge in [0.05, 0.1) is 5.56 Å². The van der Waals surface area contributed by atoms with Crippen LogP contribution in [0.1, 0.15) is 25.8 Å². The molecule has 1 heterocycles. The maximum atomic E-state index is 13.4. The molecule has 0 unspecified atom stereocenters. The Morgan fingerprint density at radius 1 is 1.44 bits per heavy atom. The van der Waals surface area contributed by atoms with Crippen LogP contribution in [0.25, 0.3) is 0 Å². The summed E-state index contributed by atoms with van der Waals surface area (Å²) in [4.78, 5) is 2.17. The van der Waals surface area contributed by atoms with E-state index < -0.39 is 5.82 Å². The normalized spacial score (nSPS) is 18.5. The molecular formula is C13H15FN2. The van der Waals surface area contributed by atoms with Crippen LogP contribution in [0.4, 0.5) is 10.1 Å². The highest BCUT2D eigenvalue weighted by atomic mass is 19.1. The molecule has 0 amide bonds. The molecule has 1 aromatic carbocycles. The molecule has 84 valence electrons. The van der Waals surface area contributed by atoms with Gasteiger partial charge in [0.1, 0.15) is 11.9 Å². The molecule has 1 aliphatic heterocycles. The van der Waals surface area contributed by atoms with Crippen molar-refractivity contribution in [3.63, 3.8) is 0 Å². The van der Waals surface area contributed by atoms with Crippen LogP contribution in [-0.2, 0) is 0 Å². The molecule has 0 aliphatic carbocycles. The van der Waals surface area contributed by atoms with E-state index in [9.17, 15) is 4.39 Å². The highest BCUT2D eigenvalue weighted by molar-refractivity contribution is 5.51. The third-order valence-corrected chi connectivity index (χ3v) is 3.12. The fourth-order valence-electron chi connectivity index (χ4n) is 2.12. The Balaban J connectivity index is 2.24. The van der Waals surface area contributed by atoms with Crippen LogP contribution in [0.15, 0.2) is 18.2 Å². The van der Waals surface area contributed by atoms with Crippen molar-refractivity contribution in [1.82, 2.24) is 0 Å². The maximum absolute atomic E-state index is 13.4. The van der Waals surface area contributed by atoms with Gasteiger partial charge in [-0.3, -0.25) is 0 Å². The largest absolute Gasteiger partial charge is 0.371 e. The molecule has 2 rings (SSSR count). The fourth-order valence-corrected chi connectivity index (χ4v) is 2.12. The van der Waals surface area contributed by atoms with Gasteiger partial charge in [-0.15, -0.1) is 0 Å². The van der Waals surface area contributed by atoms with Gasteiger partial charge in [-0.05, 0) is 30.0 Å². The molecule has 1 saturated heterocycles. The number of hydrogen-bond acceptors (Lipinski definition) is 2. The van der Waals surface area contributed by atoms with Gasteiger partial charge in [-0.25, -0.2) is 4.39 Å². The first-order chi connectivity index (χ1) is 7.52. The first-order valence-electron chi connectivity index (χ1n) is 5.46. The van der Waals surface area contributed by atoms with E-state index in [1.807, 2.05) is 12.1 Å². The Bertz CT molecular complexity index is 446. The summed E-state index contributed by atoms with van der Waals surface area (Å²) in [6.45, 7) is 6.33. The summed E-state index contributed by atoms with van der Waals surface area (Å²) in [5.74, 6) is -0.426. The highest BCUT2D eigenvalue weighted by Gasteiger charge is 2.29. The van der Waals surface area contributed by atoms with Crippen molar-refractivity contribution in [3.05, 3.63) is 29.6 Å². The second-order valence-corrected chi connectivity index (χ2v) is 5.11. The number of halogens is 1. The Morgan fingerprint density at radius 2 is 2.19 bits per heavy atom. The number of nitrogens with zero attached hydrogens (tertiary/aromatic N) is 2. The topological polar surface area (TPSA) is 27.0 Å². The number of rotatable bonds is 1. The number of nitriles is 1. The second kappa shape index (κ2) is 3.79. The van der Waals surface area contributed by atoms with E-state index in [1.165, 1.54) is 6.07 Å². The van der Waals surface area contributed by atoms with Gasteiger partial charge < -0.3 is 4.90 Å². The molecule has 1 aromatic rings. The van der Waals surface area contributed by atoms with Gasteiger partial charge in [0, 0.05) is 18.8 Å². The Morgan fingerprint density at radius 3 is 2.69 bits per heavy atom. The lowest BCUT2D eigenvalue weighted by atomic mass is 9.93. The summed E-state index contributed by atoms with van der Waals surface area (Å²) in [6, 6.07) is 6.67. The van der Waals surface area contributed by atoms with Crippen LogP contribution in [0.3, 0.4) is 0 Å². The molecule has 0 spiro atoms. The number of anilines is 1. The summed E-state index contributed by atoms with van der Waals surface area (Å²) in [5.41, 5.74) is 1.29. The molecule has 0 radical (unpaired) electrons. The minimum atomic E-state index is -0.426. The van der Waals surface area contributed by atoms with Crippen molar-refractivity contribution < 1.29 is 4.39 Å². The van der Waals surface area contributed by atoms with Gasteiger partial charge in [-0.2, -0.15) is 5.26 Å². The smallest absolute Gasteiger partial charge is 0.143 e. The monoisotopic (exact) mass is 218 g/mol. The summed E-state index contributed by atoms with van der Waals surface area (Å²) in [6.07, 6.45) is 1.12. The van der Waals surface area contributed by atoms with Crippen molar-refractivity contribution in [2.24, 2.45) is 5.41 Å². The minimum Gasteiger partial charge on any atom is -0.371 e. The molecule has 0 bridgehead atoms. The van der Waals surface area contributed by atoms with Gasteiger partial charge in [0.25, 0.3) is 0 Å². The van der Waals surface area contributed by atoms with Gasteiger partial charge in [-0.1, -0.05) is 13.8 Å². The van der Waals surface area contributed by atoms with Crippen molar-refractivity contribution in [1.29, 1.82) is 5.26 Å². The van der Waals surface area contributed by atoms with E-state index >= 15 is 0 Å². The summed E-state index contributed by atoms with van der Waals surface area (Å²) in [7, 11) is 0. The lowest BCUT2D eigenvalue weighted by Gasteiger charge is -2.21. The molecule has 3 heteroatoms. The summed E-state index contributed by atoms with van der Waals surface area (Å²) in [5, 5.41) is 8.65.